The van der Waals surface area contributed by atoms with Gasteiger partial charge in [0.25, 0.3) is 0 Å². The van der Waals surface area contributed by atoms with E-state index in [9.17, 15) is 10.1 Å². The zero-order valence-corrected chi connectivity index (χ0v) is 20.4. The molecule has 184 valence electrons. The maximum atomic E-state index is 12.3. The van der Waals surface area contributed by atoms with Gasteiger partial charge in [0.05, 0.1) is 24.7 Å². The molecule has 0 aliphatic carbocycles. The highest BCUT2D eigenvalue weighted by molar-refractivity contribution is 6.32. The Kier molecular flexibility index (Phi) is 7.52. The number of benzene rings is 3. The number of esters is 1. The van der Waals surface area contributed by atoms with Gasteiger partial charge < -0.3 is 29.4 Å². The summed E-state index contributed by atoms with van der Waals surface area (Å²) in [5.41, 5.74) is 7.79. The van der Waals surface area contributed by atoms with E-state index in [1.54, 1.807) is 61.7 Å². The Hall–Kier alpha value is -4.35. The van der Waals surface area contributed by atoms with Crippen LogP contribution in [0.25, 0.3) is 0 Å². The van der Waals surface area contributed by atoms with E-state index >= 15 is 0 Å². The largest absolute Gasteiger partial charge is 0.493 e. The molecule has 0 spiro atoms. The molecular weight excluding hydrogens is 484 g/mol. The van der Waals surface area contributed by atoms with Crippen molar-refractivity contribution in [3.63, 3.8) is 0 Å². The lowest BCUT2D eigenvalue weighted by molar-refractivity contribution is -0.136. The summed E-state index contributed by atoms with van der Waals surface area (Å²) in [6, 6.07) is 19.3. The lowest BCUT2D eigenvalue weighted by Crippen LogP contribution is -2.22. The number of ether oxygens (including phenoxy) is 5. The number of rotatable bonds is 8. The number of carbonyl (C=O) groups excluding carboxylic acids is 1. The third kappa shape index (κ3) is 5.16. The molecule has 0 saturated carbocycles. The number of nitriles is 1. The number of nitrogens with two attached hydrogens (primary N) is 1. The molecule has 1 atom stereocenters. The molecule has 1 heterocycles. The van der Waals surface area contributed by atoms with E-state index in [-0.39, 0.29) is 23.8 Å². The fourth-order valence-corrected chi connectivity index (χ4v) is 4.03. The van der Waals surface area contributed by atoms with E-state index in [2.05, 4.69) is 6.07 Å². The number of hydrogen-bond donors (Lipinski definition) is 1. The summed E-state index contributed by atoms with van der Waals surface area (Å²) in [4.78, 5) is 12.3. The smallest absolute Gasteiger partial charge is 0.349 e. The highest BCUT2D eigenvalue weighted by atomic mass is 35.5. The molecule has 4 rings (SSSR count). The van der Waals surface area contributed by atoms with Gasteiger partial charge in [0.2, 0.25) is 5.88 Å². The number of para-hydroxylation sites is 1. The summed E-state index contributed by atoms with van der Waals surface area (Å²) in [6.07, 6.45) is 0. The Morgan fingerprint density at radius 1 is 1.08 bits per heavy atom. The molecule has 1 unspecified atom stereocenters. The summed E-state index contributed by atoms with van der Waals surface area (Å²) in [7, 11) is 1.55. The van der Waals surface area contributed by atoms with Crippen LogP contribution in [-0.2, 0) is 4.79 Å². The maximum Gasteiger partial charge on any atom is 0.349 e. The summed E-state index contributed by atoms with van der Waals surface area (Å²) in [5.74, 6) is 0.916. The number of carbonyl (C=O) groups is 1. The zero-order valence-electron chi connectivity index (χ0n) is 19.6. The van der Waals surface area contributed by atoms with Crippen LogP contribution in [0, 0.1) is 11.3 Å². The second-order valence-corrected chi connectivity index (χ2v) is 8.07. The van der Waals surface area contributed by atoms with Gasteiger partial charge in [-0.1, -0.05) is 35.9 Å². The molecule has 9 heteroatoms. The summed E-state index contributed by atoms with van der Waals surface area (Å²) >= 11 is 6.04. The minimum Gasteiger partial charge on any atom is -0.493 e. The molecule has 1 aliphatic heterocycles. The molecule has 0 amide bonds. The summed E-state index contributed by atoms with van der Waals surface area (Å²) < 4.78 is 27.6. The molecule has 3 aromatic carbocycles. The summed E-state index contributed by atoms with van der Waals surface area (Å²) in [5, 5.41) is 10.2. The maximum absolute atomic E-state index is 12.3. The van der Waals surface area contributed by atoms with Gasteiger partial charge in [0.1, 0.15) is 28.9 Å². The lowest BCUT2D eigenvalue weighted by Gasteiger charge is -2.27. The standard InChI is InChI=1S/C27H23ClN2O6/c1-3-33-22-11-8-16(12-24(22)32-2)26-18-10-9-17(13-23(18)36-27(30)19(26)14-29)35-25(31)15-34-21-7-5-4-6-20(21)28/h4-13,26H,3,15,30H2,1-2H3. The van der Waals surface area contributed by atoms with Gasteiger partial charge in [0.15, 0.2) is 18.1 Å². The van der Waals surface area contributed by atoms with Gasteiger partial charge in [-0.05, 0) is 42.8 Å². The SMILES string of the molecule is CCOc1ccc(C2C(C#N)=C(N)Oc3cc(OC(=O)COc4ccccc4Cl)ccc32)cc1OC. The monoisotopic (exact) mass is 506 g/mol. The van der Waals surface area contributed by atoms with Crippen LogP contribution in [0.15, 0.2) is 72.1 Å². The Balaban J connectivity index is 1.59. The minimum absolute atomic E-state index is 0.0339. The molecule has 3 aromatic rings. The first-order valence-corrected chi connectivity index (χ1v) is 11.4. The van der Waals surface area contributed by atoms with Crippen LogP contribution >= 0.6 is 11.6 Å². The van der Waals surface area contributed by atoms with Crippen molar-refractivity contribution < 1.29 is 28.5 Å². The van der Waals surface area contributed by atoms with Gasteiger partial charge in [-0.15, -0.1) is 0 Å². The first kappa shape index (κ1) is 24.8. The van der Waals surface area contributed by atoms with Crippen LogP contribution in [0.5, 0.6) is 28.7 Å². The van der Waals surface area contributed by atoms with Gasteiger partial charge in [-0.25, -0.2) is 4.79 Å². The van der Waals surface area contributed by atoms with Crippen LogP contribution in [0.2, 0.25) is 5.02 Å². The van der Waals surface area contributed by atoms with Crippen LogP contribution in [-0.4, -0.2) is 26.3 Å². The lowest BCUT2D eigenvalue weighted by atomic mass is 9.83. The molecule has 0 radical (unpaired) electrons. The summed E-state index contributed by atoms with van der Waals surface area (Å²) in [6.45, 7) is 2.03. The number of nitrogens with zero attached hydrogens (tertiary/aromatic N) is 1. The van der Waals surface area contributed by atoms with Crippen molar-refractivity contribution in [2.45, 2.75) is 12.8 Å². The average Bonchev–Trinajstić information content (AvgIpc) is 2.87. The number of allylic oxidation sites excluding steroid dienone is 1. The Morgan fingerprint density at radius 2 is 1.89 bits per heavy atom. The quantitative estimate of drug-likeness (QED) is 0.337. The van der Waals surface area contributed by atoms with Gasteiger partial charge in [0, 0.05) is 11.6 Å². The van der Waals surface area contributed by atoms with Crippen LogP contribution < -0.4 is 29.4 Å². The predicted octanol–water partition coefficient (Wildman–Crippen LogP) is 4.95. The van der Waals surface area contributed by atoms with Crippen molar-refractivity contribution >= 4 is 17.6 Å². The van der Waals surface area contributed by atoms with E-state index in [1.807, 2.05) is 13.0 Å². The van der Waals surface area contributed by atoms with Crippen molar-refractivity contribution in [1.82, 2.24) is 0 Å². The highest BCUT2D eigenvalue weighted by Gasteiger charge is 2.31. The first-order chi connectivity index (χ1) is 17.4. The Morgan fingerprint density at radius 3 is 2.61 bits per heavy atom. The molecule has 1 aliphatic rings. The van der Waals surface area contributed by atoms with Crippen molar-refractivity contribution in [3.05, 3.63) is 88.3 Å². The fraction of sp³-hybridized carbons (Fsp3) is 0.185. The van der Waals surface area contributed by atoms with Gasteiger partial charge >= 0.3 is 5.97 Å². The second kappa shape index (κ2) is 10.9. The number of methoxy groups -OCH3 is 1. The molecular formula is C27H23ClN2O6. The third-order valence-electron chi connectivity index (χ3n) is 5.43. The molecule has 0 bridgehead atoms. The van der Waals surface area contributed by atoms with Gasteiger partial charge in [-0.2, -0.15) is 5.26 Å². The van der Waals surface area contributed by atoms with E-state index < -0.39 is 11.9 Å². The number of hydrogen-bond acceptors (Lipinski definition) is 8. The topological polar surface area (TPSA) is 113 Å². The number of fused-ring (bicyclic) bond motifs is 1. The van der Waals surface area contributed by atoms with Crippen LogP contribution in [0.1, 0.15) is 24.0 Å². The van der Waals surface area contributed by atoms with E-state index in [0.29, 0.717) is 40.2 Å². The molecule has 0 saturated heterocycles. The van der Waals surface area contributed by atoms with Crippen molar-refractivity contribution in [3.8, 4) is 34.8 Å². The normalized spacial score (nSPS) is 14.2. The minimum atomic E-state index is -0.625. The molecule has 0 fully saturated rings. The van der Waals surface area contributed by atoms with E-state index in [0.717, 1.165) is 5.56 Å². The van der Waals surface area contributed by atoms with Crippen molar-refractivity contribution in [2.24, 2.45) is 5.73 Å². The fourth-order valence-electron chi connectivity index (χ4n) is 3.84. The van der Waals surface area contributed by atoms with E-state index in [1.165, 1.54) is 0 Å². The highest BCUT2D eigenvalue weighted by Crippen LogP contribution is 2.45. The average molecular weight is 507 g/mol. The van der Waals surface area contributed by atoms with Gasteiger partial charge in [-0.3, -0.25) is 0 Å². The van der Waals surface area contributed by atoms with Crippen molar-refractivity contribution in [1.29, 1.82) is 5.26 Å². The van der Waals surface area contributed by atoms with E-state index in [4.69, 9.17) is 41.0 Å². The second-order valence-electron chi connectivity index (χ2n) is 7.66. The molecule has 0 aromatic heterocycles. The molecule has 2 N–H and O–H groups in total. The van der Waals surface area contributed by atoms with Crippen LogP contribution in [0.4, 0.5) is 0 Å². The van der Waals surface area contributed by atoms with Crippen molar-refractivity contribution in [2.75, 3.05) is 20.3 Å². The molecule has 8 nitrogen and oxygen atoms in total. The zero-order chi connectivity index (χ0) is 25.7. The molecule has 36 heavy (non-hydrogen) atoms. The third-order valence-corrected chi connectivity index (χ3v) is 5.74. The predicted molar refractivity (Wildman–Crippen MR) is 132 cm³/mol. The number of halogens is 1. The Labute approximate surface area is 213 Å². The first-order valence-electron chi connectivity index (χ1n) is 11.0. The Bertz CT molecular complexity index is 1360. The van der Waals surface area contributed by atoms with Crippen LogP contribution in [0.3, 0.4) is 0 Å².